The third-order valence-electron chi connectivity index (χ3n) is 4.18. The van der Waals surface area contributed by atoms with E-state index in [0.717, 1.165) is 27.5 Å². The van der Waals surface area contributed by atoms with Crippen molar-refractivity contribution in [2.24, 2.45) is 5.73 Å². The van der Waals surface area contributed by atoms with E-state index in [2.05, 4.69) is 58.1 Å². The van der Waals surface area contributed by atoms with Crippen LogP contribution in [0.5, 0.6) is 0 Å². The van der Waals surface area contributed by atoms with E-state index in [1.54, 1.807) is 11.8 Å². The second kappa shape index (κ2) is 6.70. The molecule has 0 aliphatic heterocycles. The van der Waals surface area contributed by atoms with Crippen LogP contribution < -0.4 is 5.73 Å². The summed E-state index contributed by atoms with van der Waals surface area (Å²) in [7, 11) is 0. The lowest BCUT2D eigenvalue weighted by Gasteiger charge is -2.08. The van der Waals surface area contributed by atoms with Crippen LogP contribution >= 0.6 is 11.8 Å². The van der Waals surface area contributed by atoms with Gasteiger partial charge in [0, 0.05) is 28.1 Å². The standard InChI is InChI=1S/C20H18N4S/c1-14-6-2-4-8-17(14)20-23-22-19-11-10-16(13-24(19)20)25-18-9-5-3-7-15(18)12-21/h2-11,13H,12,21H2,1H3. The Hall–Kier alpha value is -2.63. The lowest BCUT2D eigenvalue weighted by molar-refractivity contribution is 1.03. The van der Waals surface area contributed by atoms with Gasteiger partial charge in [0.25, 0.3) is 0 Å². The fourth-order valence-electron chi connectivity index (χ4n) is 2.84. The topological polar surface area (TPSA) is 56.2 Å². The normalized spacial score (nSPS) is 11.1. The van der Waals surface area contributed by atoms with Gasteiger partial charge >= 0.3 is 0 Å². The monoisotopic (exact) mass is 346 g/mol. The first-order valence-corrected chi connectivity index (χ1v) is 8.94. The van der Waals surface area contributed by atoms with Crippen LogP contribution in [0, 0.1) is 6.92 Å². The van der Waals surface area contributed by atoms with Crippen molar-refractivity contribution in [1.29, 1.82) is 0 Å². The van der Waals surface area contributed by atoms with Crippen molar-refractivity contribution < 1.29 is 0 Å². The van der Waals surface area contributed by atoms with Crippen molar-refractivity contribution in [3.8, 4) is 11.4 Å². The molecule has 0 radical (unpaired) electrons. The first-order valence-electron chi connectivity index (χ1n) is 8.13. The van der Waals surface area contributed by atoms with Crippen molar-refractivity contribution in [3.05, 3.63) is 78.0 Å². The van der Waals surface area contributed by atoms with Gasteiger partial charge in [0.05, 0.1) is 0 Å². The number of pyridine rings is 1. The van der Waals surface area contributed by atoms with Crippen LogP contribution in [-0.4, -0.2) is 14.6 Å². The molecule has 124 valence electrons. The third-order valence-corrected chi connectivity index (χ3v) is 5.28. The SMILES string of the molecule is Cc1ccccc1-c1nnc2ccc(Sc3ccccc3CN)cn12. The van der Waals surface area contributed by atoms with E-state index in [0.29, 0.717) is 6.54 Å². The Morgan fingerprint density at radius 3 is 2.60 bits per heavy atom. The number of hydrogen-bond donors (Lipinski definition) is 1. The molecule has 0 aliphatic rings. The molecule has 2 N–H and O–H groups in total. The first-order chi connectivity index (χ1) is 12.3. The van der Waals surface area contributed by atoms with E-state index < -0.39 is 0 Å². The Morgan fingerprint density at radius 2 is 1.76 bits per heavy atom. The van der Waals surface area contributed by atoms with Gasteiger partial charge in [0.15, 0.2) is 11.5 Å². The van der Waals surface area contributed by atoms with Gasteiger partial charge < -0.3 is 5.73 Å². The van der Waals surface area contributed by atoms with Gasteiger partial charge in [-0.15, -0.1) is 10.2 Å². The molecular weight excluding hydrogens is 328 g/mol. The molecule has 2 aromatic carbocycles. The molecule has 4 nitrogen and oxygen atoms in total. The second-order valence-electron chi connectivity index (χ2n) is 5.85. The first kappa shape index (κ1) is 15.9. The quantitative estimate of drug-likeness (QED) is 0.598. The molecule has 2 heterocycles. The number of hydrogen-bond acceptors (Lipinski definition) is 4. The lowest BCUT2D eigenvalue weighted by atomic mass is 10.1. The van der Waals surface area contributed by atoms with E-state index in [4.69, 9.17) is 5.73 Å². The average Bonchev–Trinajstić information content (AvgIpc) is 3.06. The molecular formula is C20H18N4S. The molecule has 0 unspecified atom stereocenters. The van der Waals surface area contributed by atoms with Gasteiger partial charge in [0.2, 0.25) is 0 Å². The molecule has 4 aromatic rings. The van der Waals surface area contributed by atoms with E-state index in [1.807, 2.05) is 30.3 Å². The summed E-state index contributed by atoms with van der Waals surface area (Å²) in [4.78, 5) is 2.30. The lowest BCUT2D eigenvalue weighted by Crippen LogP contribution is -1.98. The highest BCUT2D eigenvalue weighted by molar-refractivity contribution is 7.99. The van der Waals surface area contributed by atoms with Gasteiger partial charge in [-0.25, -0.2) is 0 Å². The van der Waals surface area contributed by atoms with Crippen LogP contribution in [0.25, 0.3) is 17.0 Å². The minimum Gasteiger partial charge on any atom is -0.326 e. The highest BCUT2D eigenvalue weighted by Crippen LogP contribution is 2.31. The maximum atomic E-state index is 5.86. The molecule has 0 spiro atoms. The van der Waals surface area contributed by atoms with Crippen LogP contribution in [-0.2, 0) is 6.54 Å². The van der Waals surface area contributed by atoms with Gasteiger partial charge in [-0.2, -0.15) is 0 Å². The van der Waals surface area contributed by atoms with Crippen LogP contribution in [0.3, 0.4) is 0 Å². The minimum absolute atomic E-state index is 0.534. The predicted octanol–water partition coefficient (Wildman–Crippen LogP) is 4.31. The summed E-state index contributed by atoms with van der Waals surface area (Å²) in [6, 6.07) is 20.5. The van der Waals surface area contributed by atoms with E-state index in [9.17, 15) is 0 Å². The molecule has 0 fully saturated rings. The molecule has 0 saturated carbocycles. The highest BCUT2D eigenvalue weighted by Gasteiger charge is 2.11. The zero-order valence-corrected chi connectivity index (χ0v) is 14.7. The van der Waals surface area contributed by atoms with Crippen LogP contribution in [0.15, 0.2) is 76.7 Å². The van der Waals surface area contributed by atoms with Gasteiger partial charge in [0.1, 0.15) is 0 Å². The Kier molecular flexibility index (Phi) is 4.26. The molecule has 2 aromatic heterocycles. The second-order valence-corrected chi connectivity index (χ2v) is 6.96. The summed E-state index contributed by atoms with van der Waals surface area (Å²) in [5.41, 5.74) is 10.1. The number of benzene rings is 2. The molecule has 0 atom stereocenters. The molecule has 0 saturated heterocycles. The molecule has 25 heavy (non-hydrogen) atoms. The Balaban J connectivity index is 1.78. The average molecular weight is 346 g/mol. The number of aryl methyl sites for hydroxylation is 1. The third kappa shape index (κ3) is 3.04. The minimum atomic E-state index is 0.534. The predicted molar refractivity (Wildman–Crippen MR) is 102 cm³/mol. The Labute approximate surface area is 150 Å². The van der Waals surface area contributed by atoms with Crippen LogP contribution in [0.4, 0.5) is 0 Å². The largest absolute Gasteiger partial charge is 0.326 e. The zero-order chi connectivity index (χ0) is 17.2. The number of nitrogens with zero attached hydrogens (tertiary/aromatic N) is 3. The van der Waals surface area contributed by atoms with E-state index in [-0.39, 0.29) is 0 Å². The van der Waals surface area contributed by atoms with Crippen molar-refractivity contribution in [2.45, 2.75) is 23.3 Å². The van der Waals surface area contributed by atoms with Gasteiger partial charge in [-0.1, -0.05) is 54.2 Å². The van der Waals surface area contributed by atoms with Crippen molar-refractivity contribution >= 4 is 17.4 Å². The summed E-state index contributed by atoms with van der Waals surface area (Å²) in [6.45, 7) is 2.62. The van der Waals surface area contributed by atoms with E-state index in [1.165, 1.54) is 10.5 Å². The van der Waals surface area contributed by atoms with Crippen LogP contribution in [0.1, 0.15) is 11.1 Å². The Bertz CT molecular complexity index is 1040. The summed E-state index contributed by atoms with van der Waals surface area (Å²) >= 11 is 1.71. The maximum absolute atomic E-state index is 5.86. The molecule has 0 amide bonds. The smallest absolute Gasteiger partial charge is 0.168 e. The van der Waals surface area contributed by atoms with Gasteiger partial charge in [-0.05, 0) is 36.2 Å². The fourth-order valence-corrected chi connectivity index (χ4v) is 3.82. The van der Waals surface area contributed by atoms with Crippen LogP contribution in [0.2, 0.25) is 0 Å². The summed E-state index contributed by atoms with van der Waals surface area (Å²) in [5.74, 6) is 0.864. The summed E-state index contributed by atoms with van der Waals surface area (Å²) in [5, 5.41) is 8.69. The maximum Gasteiger partial charge on any atom is 0.168 e. The molecule has 0 aliphatic carbocycles. The number of nitrogens with two attached hydrogens (primary N) is 1. The van der Waals surface area contributed by atoms with Crippen molar-refractivity contribution in [3.63, 3.8) is 0 Å². The van der Waals surface area contributed by atoms with Crippen molar-refractivity contribution in [1.82, 2.24) is 14.6 Å². The van der Waals surface area contributed by atoms with Crippen molar-refractivity contribution in [2.75, 3.05) is 0 Å². The van der Waals surface area contributed by atoms with Gasteiger partial charge in [-0.3, -0.25) is 4.40 Å². The Morgan fingerprint density at radius 1 is 0.960 bits per heavy atom. The number of fused-ring (bicyclic) bond motifs is 1. The highest BCUT2D eigenvalue weighted by atomic mass is 32.2. The number of aromatic nitrogens is 3. The molecule has 5 heteroatoms. The number of rotatable bonds is 4. The summed E-state index contributed by atoms with van der Waals surface area (Å²) in [6.07, 6.45) is 2.09. The summed E-state index contributed by atoms with van der Waals surface area (Å²) < 4.78 is 2.05. The molecule has 4 rings (SSSR count). The van der Waals surface area contributed by atoms with E-state index >= 15 is 0 Å². The fraction of sp³-hybridized carbons (Fsp3) is 0.100. The zero-order valence-electron chi connectivity index (χ0n) is 13.9. The molecule has 0 bridgehead atoms.